The Morgan fingerprint density at radius 3 is 2.52 bits per heavy atom. The number of amides is 1. The third-order valence-corrected chi connectivity index (χ3v) is 4.99. The number of benzene rings is 2. The molecule has 0 spiro atoms. The number of nitrogens with one attached hydrogen (secondary N) is 1. The zero-order valence-electron chi connectivity index (χ0n) is 16.5. The number of carbonyl (C=O) groups is 2. The maximum atomic E-state index is 12.1. The molecule has 3 rings (SSSR count). The highest BCUT2D eigenvalue weighted by molar-refractivity contribution is 7.14. The van der Waals surface area contributed by atoms with Crippen LogP contribution in [0.1, 0.15) is 16.7 Å². The van der Waals surface area contributed by atoms with E-state index in [1.807, 2.05) is 55.6 Å². The lowest BCUT2D eigenvalue weighted by Crippen LogP contribution is -2.21. The number of methoxy groups -OCH3 is 1. The van der Waals surface area contributed by atoms with E-state index in [2.05, 4.69) is 10.3 Å². The molecule has 29 heavy (non-hydrogen) atoms. The van der Waals surface area contributed by atoms with Crippen LogP contribution in [0.4, 0.5) is 5.13 Å². The van der Waals surface area contributed by atoms with Crippen LogP contribution in [0, 0.1) is 13.8 Å². The number of hydrogen-bond donors (Lipinski definition) is 1. The Hall–Kier alpha value is -3.19. The number of carbonyl (C=O) groups excluding carboxylic acids is 2. The Balaban J connectivity index is 1.52. The summed E-state index contributed by atoms with van der Waals surface area (Å²) in [4.78, 5) is 28.6. The van der Waals surface area contributed by atoms with Crippen LogP contribution in [0.2, 0.25) is 0 Å². The van der Waals surface area contributed by atoms with Crippen molar-refractivity contribution < 1.29 is 19.1 Å². The molecule has 7 heteroatoms. The SMILES string of the molecule is COc1ccc(C)cc1CC(=O)OCC(=O)Nc1nc(-c2ccc(C)cc2)cs1. The number of rotatable bonds is 7. The van der Waals surface area contributed by atoms with E-state index in [9.17, 15) is 9.59 Å². The molecule has 0 aliphatic rings. The van der Waals surface area contributed by atoms with Crippen LogP contribution in [0.15, 0.2) is 47.8 Å². The number of thiazole rings is 1. The molecule has 0 fully saturated rings. The molecule has 0 unspecified atom stereocenters. The van der Waals surface area contributed by atoms with Crippen LogP contribution < -0.4 is 10.1 Å². The van der Waals surface area contributed by atoms with E-state index in [-0.39, 0.29) is 13.0 Å². The fraction of sp³-hybridized carbons (Fsp3) is 0.227. The molecule has 0 aliphatic carbocycles. The van der Waals surface area contributed by atoms with Crippen molar-refractivity contribution in [3.63, 3.8) is 0 Å². The Bertz CT molecular complexity index is 1010. The smallest absolute Gasteiger partial charge is 0.310 e. The molecule has 0 atom stereocenters. The van der Waals surface area contributed by atoms with Crippen molar-refractivity contribution in [3.8, 4) is 17.0 Å². The molecule has 1 heterocycles. The highest BCUT2D eigenvalue weighted by Crippen LogP contribution is 2.25. The van der Waals surface area contributed by atoms with Gasteiger partial charge in [-0.3, -0.25) is 14.9 Å². The van der Waals surface area contributed by atoms with Crippen molar-refractivity contribution in [2.75, 3.05) is 19.0 Å². The number of ether oxygens (including phenoxy) is 2. The van der Waals surface area contributed by atoms with Gasteiger partial charge in [-0.2, -0.15) is 0 Å². The minimum absolute atomic E-state index is 0.0347. The zero-order valence-corrected chi connectivity index (χ0v) is 17.3. The molecule has 1 amide bonds. The molecule has 1 aromatic heterocycles. The maximum Gasteiger partial charge on any atom is 0.310 e. The minimum Gasteiger partial charge on any atom is -0.496 e. The van der Waals surface area contributed by atoms with Gasteiger partial charge in [0.25, 0.3) is 5.91 Å². The van der Waals surface area contributed by atoms with E-state index in [1.54, 1.807) is 13.2 Å². The van der Waals surface area contributed by atoms with E-state index in [1.165, 1.54) is 16.9 Å². The van der Waals surface area contributed by atoms with Crippen molar-refractivity contribution in [1.29, 1.82) is 0 Å². The van der Waals surface area contributed by atoms with Crippen molar-refractivity contribution in [2.45, 2.75) is 20.3 Å². The van der Waals surface area contributed by atoms with Gasteiger partial charge in [-0.15, -0.1) is 11.3 Å². The predicted octanol–water partition coefficient (Wildman–Crippen LogP) is 4.16. The average molecular weight is 410 g/mol. The molecule has 1 N–H and O–H groups in total. The number of aromatic nitrogens is 1. The molecule has 150 valence electrons. The van der Waals surface area contributed by atoms with E-state index in [0.717, 1.165) is 22.4 Å². The van der Waals surface area contributed by atoms with Crippen molar-refractivity contribution in [3.05, 3.63) is 64.5 Å². The number of hydrogen-bond acceptors (Lipinski definition) is 6. The first-order chi connectivity index (χ1) is 13.9. The Morgan fingerprint density at radius 1 is 1.07 bits per heavy atom. The van der Waals surface area contributed by atoms with Crippen molar-refractivity contribution >= 4 is 28.3 Å². The maximum absolute atomic E-state index is 12.1. The third kappa shape index (κ3) is 5.65. The second kappa shape index (κ2) is 9.34. The summed E-state index contributed by atoms with van der Waals surface area (Å²) < 4.78 is 10.4. The van der Waals surface area contributed by atoms with Crippen LogP contribution in [-0.4, -0.2) is 30.6 Å². The molecule has 0 saturated heterocycles. The summed E-state index contributed by atoms with van der Waals surface area (Å²) in [6.07, 6.45) is 0.0347. The third-order valence-electron chi connectivity index (χ3n) is 4.23. The molecule has 2 aromatic carbocycles. The van der Waals surface area contributed by atoms with Crippen LogP contribution in [0.3, 0.4) is 0 Å². The lowest BCUT2D eigenvalue weighted by Gasteiger charge is -2.09. The minimum atomic E-state index is -0.497. The van der Waals surface area contributed by atoms with Gasteiger partial charge in [0.2, 0.25) is 0 Å². The van der Waals surface area contributed by atoms with Gasteiger partial charge in [-0.1, -0.05) is 47.5 Å². The van der Waals surface area contributed by atoms with Crippen molar-refractivity contribution in [2.24, 2.45) is 0 Å². The zero-order chi connectivity index (χ0) is 20.8. The molecule has 0 radical (unpaired) electrons. The molecule has 6 nitrogen and oxygen atoms in total. The Morgan fingerprint density at radius 2 is 1.79 bits per heavy atom. The first-order valence-electron chi connectivity index (χ1n) is 9.06. The van der Waals surface area contributed by atoms with E-state index in [4.69, 9.17) is 9.47 Å². The second-order valence-corrected chi connectivity index (χ2v) is 7.46. The van der Waals surface area contributed by atoms with Gasteiger partial charge >= 0.3 is 5.97 Å². The summed E-state index contributed by atoms with van der Waals surface area (Å²) in [5.74, 6) is -0.314. The lowest BCUT2D eigenvalue weighted by molar-refractivity contribution is -0.146. The van der Waals surface area contributed by atoms with Gasteiger partial charge < -0.3 is 9.47 Å². The Labute approximate surface area is 173 Å². The topological polar surface area (TPSA) is 77.5 Å². The highest BCUT2D eigenvalue weighted by atomic mass is 32.1. The van der Waals surface area contributed by atoms with Crippen LogP contribution >= 0.6 is 11.3 Å². The molecule has 0 bridgehead atoms. The second-order valence-electron chi connectivity index (χ2n) is 6.60. The van der Waals surface area contributed by atoms with Gasteiger partial charge in [0.05, 0.1) is 19.2 Å². The Kier molecular flexibility index (Phi) is 6.61. The number of aryl methyl sites for hydroxylation is 2. The van der Waals surface area contributed by atoms with Gasteiger partial charge in [0.15, 0.2) is 11.7 Å². The van der Waals surface area contributed by atoms with Gasteiger partial charge in [-0.25, -0.2) is 4.98 Å². The molecular formula is C22H22N2O4S. The van der Waals surface area contributed by atoms with E-state index < -0.39 is 11.9 Å². The summed E-state index contributed by atoms with van der Waals surface area (Å²) in [6, 6.07) is 13.6. The highest BCUT2D eigenvalue weighted by Gasteiger charge is 2.13. The first-order valence-corrected chi connectivity index (χ1v) is 9.94. The van der Waals surface area contributed by atoms with Crippen molar-refractivity contribution in [1.82, 2.24) is 4.98 Å². The van der Waals surface area contributed by atoms with Crippen LogP contribution in [0.5, 0.6) is 5.75 Å². The number of anilines is 1. The fourth-order valence-electron chi connectivity index (χ4n) is 2.74. The van der Waals surface area contributed by atoms with Gasteiger partial charge in [0, 0.05) is 16.5 Å². The summed E-state index contributed by atoms with van der Waals surface area (Å²) in [5, 5.41) is 4.99. The summed E-state index contributed by atoms with van der Waals surface area (Å²) >= 11 is 1.32. The fourth-order valence-corrected chi connectivity index (χ4v) is 3.48. The normalized spacial score (nSPS) is 10.4. The predicted molar refractivity (Wildman–Crippen MR) is 113 cm³/mol. The summed E-state index contributed by atoms with van der Waals surface area (Å²) in [7, 11) is 1.55. The van der Waals surface area contributed by atoms with Gasteiger partial charge in [-0.05, 0) is 19.9 Å². The molecule has 0 saturated carbocycles. The molecule has 0 aliphatic heterocycles. The molecule has 3 aromatic rings. The standard InChI is InChI=1S/C22H22N2O4S/c1-14-4-7-16(8-5-14)18-13-29-22(23-18)24-20(25)12-28-21(26)11-17-10-15(2)6-9-19(17)27-3/h4-10,13H,11-12H2,1-3H3,(H,23,24,25). The monoisotopic (exact) mass is 410 g/mol. The lowest BCUT2D eigenvalue weighted by atomic mass is 10.1. The summed E-state index contributed by atoms with van der Waals surface area (Å²) in [6.45, 7) is 3.58. The van der Waals surface area contributed by atoms with Crippen LogP contribution in [-0.2, 0) is 20.7 Å². The van der Waals surface area contributed by atoms with Gasteiger partial charge in [0.1, 0.15) is 5.75 Å². The van der Waals surface area contributed by atoms with E-state index >= 15 is 0 Å². The summed E-state index contributed by atoms with van der Waals surface area (Å²) in [5.41, 5.74) is 4.67. The molecular weight excluding hydrogens is 388 g/mol. The quantitative estimate of drug-likeness (QED) is 0.592. The average Bonchev–Trinajstić information content (AvgIpc) is 3.15. The van der Waals surface area contributed by atoms with Crippen LogP contribution in [0.25, 0.3) is 11.3 Å². The van der Waals surface area contributed by atoms with E-state index in [0.29, 0.717) is 10.9 Å². The largest absolute Gasteiger partial charge is 0.496 e. The number of esters is 1. The first kappa shape index (κ1) is 20.5. The number of nitrogens with zero attached hydrogens (tertiary/aromatic N) is 1.